The van der Waals surface area contributed by atoms with Crippen molar-refractivity contribution < 1.29 is 24.2 Å². The van der Waals surface area contributed by atoms with E-state index in [1.807, 2.05) is 44.2 Å². The van der Waals surface area contributed by atoms with Crippen LogP contribution in [-0.2, 0) is 14.3 Å². The summed E-state index contributed by atoms with van der Waals surface area (Å²) in [5.41, 5.74) is 3.44. The maximum Gasteiger partial charge on any atom is 0.295 e. The van der Waals surface area contributed by atoms with Gasteiger partial charge in [0.2, 0.25) is 0 Å². The average molecular weight is 507 g/mol. The third kappa shape index (κ3) is 5.89. The Kier molecular flexibility index (Phi) is 8.67. The number of aliphatic hydroxyl groups is 1. The topological polar surface area (TPSA) is 79.3 Å². The van der Waals surface area contributed by atoms with Crippen LogP contribution in [0.3, 0.4) is 0 Å². The van der Waals surface area contributed by atoms with Crippen LogP contribution >= 0.6 is 0 Å². The van der Waals surface area contributed by atoms with Crippen molar-refractivity contribution in [1.82, 2.24) is 9.80 Å². The van der Waals surface area contributed by atoms with Gasteiger partial charge in [0.05, 0.1) is 31.4 Å². The first-order valence-corrected chi connectivity index (χ1v) is 13.2. The largest absolute Gasteiger partial charge is 0.507 e. The quantitative estimate of drug-likeness (QED) is 0.303. The molecule has 0 aromatic heterocycles. The van der Waals surface area contributed by atoms with E-state index in [9.17, 15) is 14.7 Å². The van der Waals surface area contributed by atoms with Crippen molar-refractivity contribution in [3.63, 3.8) is 0 Å². The lowest BCUT2D eigenvalue weighted by atomic mass is 9.92. The van der Waals surface area contributed by atoms with Gasteiger partial charge in [-0.15, -0.1) is 0 Å². The third-order valence-electron chi connectivity index (χ3n) is 7.20. The van der Waals surface area contributed by atoms with Crippen LogP contribution in [0.1, 0.15) is 61.4 Å². The highest BCUT2D eigenvalue weighted by atomic mass is 16.5. The highest BCUT2D eigenvalue weighted by molar-refractivity contribution is 6.46. The number of carbonyl (C=O) groups excluding carboxylic acids is 2. The molecule has 1 atom stereocenters. The van der Waals surface area contributed by atoms with Gasteiger partial charge in [0.25, 0.3) is 11.7 Å². The summed E-state index contributed by atoms with van der Waals surface area (Å²) in [6, 6.07) is 12.7. The average Bonchev–Trinajstić information content (AvgIpc) is 3.14. The van der Waals surface area contributed by atoms with Crippen LogP contribution in [0.25, 0.3) is 5.76 Å². The molecule has 1 N–H and O–H groups in total. The Labute approximate surface area is 219 Å². The molecule has 2 fully saturated rings. The second-order valence-electron chi connectivity index (χ2n) is 10.0. The Morgan fingerprint density at radius 1 is 1.08 bits per heavy atom. The summed E-state index contributed by atoms with van der Waals surface area (Å²) < 4.78 is 11.0. The maximum atomic E-state index is 13.4. The predicted octanol–water partition coefficient (Wildman–Crippen LogP) is 4.66. The van der Waals surface area contributed by atoms with Crippen LogP contribution in [0.4, 0.5) is 0 Å². The van der Waals surface area contributed by atoms with Crippen molar-refractivity contribution in [2.45, 2.75) is 46.1 Å². The van der Waals surface area contributed by atoms with Gasteiger partial charge in [-0.1, -0.05) is 38.1 Å². The number of hydrogen-bond donors (Lipinski definition) is 1. The molecule has 0 radical (unpaired) electrons. The Hall–Kier alpha value is -3.16. The minimum atomic E-state index is -0.643. The molecule has 198 valence electrons. The van der Waals surface area contributed by atoms with E-state index in [0.717, 1.165) is 37.2 Å². The number of aliphatic hydroxyl groups excluding tert-OH is 1. The van der Waals surface area contributed by atoms with Crippen LogP contribution in [-0.4, -0.2) is 72.6 Å². The number of benzene rings is 2. The van der Waals surface area contributed by atoms with E-state index in [-0.39, 0.29) is 11.3 Å². The SMILES string of the molecule is CCOc1ccc(C(O)=C2C(=O)C(=O)N(CCCN3CCOCC3)[C@H]2c2ccc(C(C)C)cc2)c(C)c1. The summed E-state index contributed by atoms with van der Waals surface area (Å²) in [5, 5.41) is 11.4. The maximum absolute atomic E-state index is 13.4. The van der Waals surface area contributed by atoms with Gasteiger partial charge >= 0.3 is 0 Å². The van der Waals surface area contributed by atoms with Crippen molar-refractivity contribution in [3.8, 4) is 5.75 Å². The van der Waals surface area contributed by atoms with Crippen LogP contribution in [0, 0.1) is 6.92 Å². The van der Waals surface area contributed by atoms with Gasteiger partial charge in [-0.3, -0.25) is 14.5 Å². The summed E-state index contributed by atoms with van der Waals surface area (Å²) in [7, 11) is 0. The smallest absolute Gasteiger partial charge is 0.295 e. The van der Waals surface area contributed by atoms with E-state index in [4.69, 9.17) is 9.47 Å². The highest BCUT2D eigenvalue weighted by Crippen LogP contribution is 2.40. The molecule has 2 aromatic carbocycles. The fourth-order valence-electron chi connectivity index (χ4n) is 5.11. The van der Waals surface area contributed by atoms with Gasteiger partial charge < -0.3 is 19.5 Å². The zero-order valence-corrected chi connectivity index (χ0v) is 22.3. The fourth-order valence-corrected chi connectivity index (χ4v) is 5.11. The lowest BCUT2D eigenvalue weighted by molar-refractivity contribution is -0.140. The lowest BCUT2D eigenvalue weighted by Gasteiger charge is -2.29. The molecule has 0 spiro atoms. The van der Waals surface area contributed by atoms with Crippen molar-refractivity contribution in [2.75, 3.05) is 46.0 Å². The lowest BCUT2D eigenvalue weighted by Crippen LogP contribution is -2.38. The van der Waals surface area contributed by atoms with E-state index in [1.165, 1.54) is 5.56 Å². The zero-order chi connectivity index (χ0) is 26.5. The van der Waals surface area contributed by atoms with Gasteiger partial charge in [0.15, 0.2) is 0 Å². The third-order valence-corrected chi connectivity index (χ3v) is 7.20. The Bertz CT molecular complexity index is 1150. The van der Waals surface area contributed by atoms with Gasteiger partial charge in [-0.2, -0.15) is 0 Å². The molecule has 37 heavy (non-hydrogen) atoms. The molecule has 2 aliphatic rings. The van der Waals surface area contributed by atoms with Gasteiger partial charge in [0.1, 0.15) is 11.5 Å². The van der Waals surface area contributed by atoms with E-state index < -0.39 is 17.7 Å². The van der Waals surface area contributed by atoms with Crippen molar-refractivity contribution in [2.24, 2.45) is 0 Å². The van der Waals surface area contributed by atoms with E-state index >= 15 is 0 Å². The Morgan fingerprint density at radius 3 is 2.41 bits per heavy atom. The fraction of sp³-hybridized carbons (Fsp3) is 0.467. The number of carbonyl (C=O) groups is 2. The molecule has 7 nitrogen and oxygen atoms in total. The number of morpholine rings is 1. The van der Waals surface area contributed by atoms with Crippen molar-refractivity contribution in [1.29, 1.82) is 0 Å². The Balaban J connectivity index is 1.70. The van der Waals surface area contributed by atoms with Crippen molar-refractivity contribution >= 4 is 17.4 Å². The molecule has 7 heteroatoms. The highest BCUT2D eigenvalue weighted by Gasteiger charge is 2.46. The monoisotopic (exact) mass is 506 g/mol. The molecule has 4 rings (SSSR count). The second kappa shape index (κ2) is 11.9. The van der Waals surface area contributed by atoms with Crippen LogP contribution in [0.2, 0.25) is 0 Å². The van der Waals surface area contributed by atoms with Crippen LogP contribution in [0.15, 0.2) is 48.0 Å². The molecule has 0 saturated carbocycles. The number of rotatable bonds is 9. The molecule has 2 heterocycles. The summed E-state index contributed by atoms with van der Waals surface area (Å²) in [5.74, 6) is -0.297. The number of likely N-dealkylation sites (tertiary alicyclic amines) is 1. The molecular formula is C30H38N2O5. The molecule has 2 saturated heterocycles. The predicted molar refractivity (Wildman–Crippen MR) is 144 cm³/mol. The first-order valence-electron chi connectivity index (χ1n) is 13.2. The minimum Gasteiger partial charge on any atom is -0.507 e. The minimum absolute atomic E-state index is 0.140. The number of ketones is 1. The normalized spacial score (nSPS) is 20.1. The number of amides is 1. The van der Waals surface area contributed by atoms with Gasteiger partial charge in [-0.25, -0.2) is 0 Å². The zero-order valence-electron chi connectivity index (χ0n) is 22.3. The molecule has 2 aromatic rings. The summed E-state index contributed by atoms with van der Waals surface area (Å²) in [4.78, 5) is 30.6. The van der Waals surface area contributed by atoms with Crippen LogP contribution < -0.4 is 4.74 Å². The molecule has 0 unspecified atom stereocenters. The first-order chi connectivity index (χ1) is 17.8. The van der Waals surface area contributed by atoms with Crippen LogP contribution in [0.5, 0.6) is 5.75 Å². The standard InChI is InChI=1S/C30H38N2O5/c1-5-37-24-11-12-25(21(4)19-24)28(33)26-27(23-9-7-22(8-10-23)20(2)3)32(30(35)29(26)34)14-6-13-31-15-17-36-18-16-31/h7-12,19-20,27,33H,5-6,13-18H2,1-4H3/t27-/m0/s1. The second-order valence-corrected chi connectivity index (χ2v) is 10.0. The molecule has 0 bridgehead atoms. The van der Waals surface area contributed by atoms with Gasteiger partial charge in [0, 0.05) is 31.7 Å². The number of nitrogens with zero attached hydrogens (tertiary/aromatic N) is 2. The molecular weight excluding hydrogens is 468 g/mol. The van der Waals surface area contributed by atoms with Crippen molar-refractivity contribution in [3.05, 3.63) is 70.3 Å². The molecule has 1 amide bonds. The summed E-state index contributed by atoms with van der Waals surface area (Å²) >= 11 is 0. The first kappa shape index (κ1) is 26.9. The molecule has 2 aliphatic heterocycles. The van der Waals surface area contributed by atoms with E-state index in [0.29, 0.717) is 43.6 Å². The van der Waals surface area contributed by atoms with Gasteiger partial charge in [-0.05, 0) is 61.1 Å². The molecule has 0 aliphatic carbocycles. The number of ether oxygens (including phenoxy) is 2. The van der Waals surface area contributed by atoms with E-state index in [2.05, 4.69) is 18.7 Å². The Morgan fingerprint density at radius 2 is 1.78 bits per heavy atom. The number of Topliss-reactive ketones (excluding diaryl/α,β-unsaturated/α-hetero) is 1. The summed E-state index contributed by atoms with van der Waals surface area (Å²) in [6.07, 6.45) is 0.732. The van der Waals surface area contributed by atoms with E-state index in [1.54, 1.807) is 17.0 Å². The summed E-state index contributed by atoms with van der Waals surface area (Å²) in [6.45, 7) is 13.0. The number of hydrogen-bond acceptors (Lipinski definition) is 6. The number of aryl methyl sites for hydroxylation is 1.